The molecule has 1 saturated carbocycles. The fourth-order valence-corrected chi connectivity index (χ4v) is 2.56. The van der Waals surface area contributed by atoms with Gasteiger partial charge in [0.15, 0.2) is 0 Å². The molecule has 3 amide bonds. The summed E-state index contributed by atoms with van der Waals surface area (Å²) in [4.78, 5) is 35.7. The maximum Gasteiger partial charge on any atom is 0.321 e. The zero-order valence-corrected chi connectivity index (χ0v) is 12.6. The minimum atomic E-state index is -0.983. The quantitative estimate of drug-likeness (QED) is 0.650. The second-order valence-corrected chi connectivity index (χ2v) is 5.46. The Morgan fingerprint density at radius 3 is 2.38 bits per heavy atom. The third-order valence-corrected chi connectivity index (χ3v) is 3.46. The predicted octanol–water partition coefficient (Wildman–Crippen LogP) is 0.941. The number of urea groups is 1. The van der Waals surface area contributed by atoms with E-state index in [-0.39, 0.29) is 19.1 Å². The standard InChI is InChI=1S/C14H25N3O4/c1-2-8-17(10-13(19)20)9-12(18)16-14(21)15-11-6-4-3-5-7-11/h11H,2-10H2,1H3,(H,19,20)(H2,15,16,18,21). The molecule has 0 unspecified atom stereocenters. The van der Waals surface area contributed by atoms with Crippen LogP contribution in [0.1, 0.15) is 45.4 Å². The lowest BCUT2D eigenvalue weighted by molar-refractivity contribution is -0.138. The highest BCUT2D eigenvalue weighted by molar-refractivity contribution is 5.95. The first kappa shape index (κ1) is 17.4. The first-order valence-electron chi connectivity index (χ1n) is 7.55. The van der Waals surface area contributed by atoms with E-state index in [1.165, 1.54) is 11.3 Å². The molecule has 0 heterocycles. The molecule has 0 spiro atoms. The molecule has 0 atom stereocenters. The predicted molar refractivity (Wildman–Crippen MR) is 77.9 cm³/mol. The second kappa shape index (κ2) is 9.33. The van der Waals surface area contributed by atoms with Gasteiger partial charge >= 0.3 is 12.0 Å². The number of amides is 3. The van der Waals surface area contributed by atoms with Crippen LogP contribution in [0.5, 0.6) is 0 Å². The molecule has 0 aromatic carbocycles. The molecule has 1 fully saturated rings. The van der Waals surface area contributed by atoms with Crippen molar-refractivity contribution in [1.29, 1.82) is 0 Å². The van der Waals surface area contributed by atoms with Crippen LogP contribution < -0.4 is 10.6 Å². The van der Waals surface area contributed by atoms with Gasteiger partial charge in [-0.2, -0.15) is 0 Å². The Morgan fingerprint density at radius 1 is 1.14 bits per heavy atom. The van der Waals surface area contributed by atoms with E-state index >= 15 is 0 Å². The summed E-state index contributed by atoms with van der Waals surface area (Å²) < 4.78 is 0. The first-order valence-corrected chi connectivity index (χ1v) is 7.55. The van der Waals surface area contributed by atoms with Crippen molar-refractivity contribution < 1.29 is 19.5 Å². The van der Waals surface area contributed by atoms with E-state index in [1.54, 1.807) is 0 Å². The lowest BCUT2D eigenvalue weighted by atomic mass is 9.96. The molecule has 1 rings (SSSR count). The molecule has 1 aliphatic carbocycles. The molecule has 120 valence electrons. The third kappa shape index (κ3) is 7.65. The van der Waals surface area contributed by atoms with Gasteiger partial charge in [0.1, 0.15) is 0 Å². The van der Waals surface area contributed by atoms with Crippen LogP contribution >= 0.6 is 0 Å². The van der Waals surface area contributed by atoms with Crippen molar-refractivity contribution >= 4 is 17.9 Å². The number of nitrogens with zero attached hydrogens (tertiary/aromatic N) is 1. The number of carbonyl (C=O) groups excluding carboxylic acids is 2. The zero-order chi connectivity index (χ0) is 15.7. The number of hydrogen-bond donors (Lipinski definition) is 3. The van der Waals surface area contributed by atoms with Crippen molar-refractivity contribution in [1.82, 2.24) is 15.5 Å². The fraction of sp³-hybridized carbons (Fsp3) is 0.786. The van der Waals surface area contributed by atoms with Gasteiger partial charge in [-0.05, 0) is 25.8 Å². The minimum absolute atomic E-state index is 0.0851. The van der Waals surface area contributed by atoms with Crippen molar-refractivity contribution in [2.75, 3.05) is 19.6 Å². The lowest BCUT2D eigenvalue weighted by Crippen LogP contribution is -2.48. The van der Waals surface area contributed by atoms with Gasteiger partial charge in [0.05, 0.1) is 13.1 Å². The Hall–Kier alpha value is -1.63. The summed E-state index contributed by atoms with van der Waals surface area (Å²) in [6.45, 7) is 2.12. The van der Waals surface area contributed by atoms with E-state index in [0.29, 0.717) is 6.54 Å². The minimum Gasteiger partial charge on any atom is -0.480 e. The van der Waals surface area contributed by atoms with Crippen LogP contribution in [0.3, 0.4) is 0 Å². The maximum atomic E-state index is 11.8. The monoisotopic (exact) mass is 299 g/mol. The van der Waals surface area contributed by atoms with Crippen molar-refractivity contribution in [2.45, 2.75) is 51.5 Å². The van der Waals surface area contributed by atoms with Gasteiger partial charge in [0.25, 0.3) is 0 Å². The molecular weight excluding hydrogens is 274 g/mol. The number of carbonyl (C=O) groups is 3. The Labute approximate surface area is 125 Å². The number of rotatable bonds is 7. The molecule has 21 heavy (non-hydrogen) atoms. The van der Waals surface area contributed by atoms with E-state index in [1.807, 2.05) is 6.92 Å². The van der Waals surface area contributed by atoms with Crippen LogP contribution in [0, 0.1) is 0 Å². The number of carboxylic acids is 1. The molecule has 0 aromatic rings. The fourth-order valence-electron chi connectivity index (χ4n) is 2.56. The van der Waals surface area contributed by atoms with E-state index < -0.39 is 17.9 Å². The number of imide groups is 1. The number of hydrogen-bond acceptors (Lipinski definition) is 4. The van der Waals surface area contributed by atoms with Crippen LogP contribution in [-0.2, 0) is 9.59 Å². The number of nitrogens with one attached hydrogen (secondary N) is 2. The summed E-state index contributed by atoms with van der Waals surface area (Å²) in [5.41, 5.74) is 0. The Balaban J connectivity index is 2.32. The molecular formula is C14H25N3O4. The molecule has 3 N–H and O–H groups in total. The highest BCUT2D eigenvalue weighted by Gasteiger charge is 2.18. The summed E-state index contributed by atoms with van der Waals surface area (Å²) in [6.07, 6.45) is 6.03. The summed E-state index contributed by atoms with van der Waals surface area (Å²) in [6, 6.07) is -0.351. The molecule has 0 aliphatic heterocycles. The van der Waals surface area contributed by atoms with E-state index in [4.69, 9.17) is 5.11 Å². The molecule has 7 nitrogen and oxygen atoms in total. The summed E-state index contributed by atoms with van der Waals surface area (Å²) in [7, 11) is 0. The number of aliphatic carboxylic acids is 1. The van der Waals surface area contributed by atoms with Gasteiger partial charge in [-0.3, -0.25) is 19.8 Å². The van der Waals surface area contributed by atoms with Crippen molar-refractivity contribution in [2.24, 2.45) is 0 Å². The van der Waals surface area contributed by atoms with Crippen molar-refractivity contribution in [3.05, 3.63) is 0 Å². The summed E-state index contributed by atoms with van der Waals surface area (Å²) >= 11 is 0. The highest BCUT2D eigenvalue weighted by Crippen LogP contribution is 2.17. The Kier molecular flexibility index (Phi) is 7.74. The lowest BCUT2D eigenvalue weighted by Gasteiger charge is -2.23. The zero-order valence-electron chi connectivity index (χ0n) is 12.6. The molecule has 0 bridgehead atoms. The van der Waals surface area contributed by atoms with Gasteiger partial charge in [0.2, 0.25) is 5.91 Å². The maximum absolute atomic E-state index is 11.8. The molecule has 0 aromatic heterocycles. The van der Waals surface area contributed by atoms with Gasteiger partial charge in [-0.25, -0.2) is 4.79 Å². The third-order valence-electron chi connectivity index (χ3n) is 3.46. The average Bonchev–Trinajstić information content (AvgIpc) is 2.38. The highest BCUT2D eigenvalue weighted by atomic mass is 16.4. The van der Waals surface area contributed by atoms with Crippen LogP contribution in [0.2, 0.25) is 0 Å². The second-order valence-electron chi connectivity index (χ2n) is 5.46. The summed E-state index contributed by atoms with van der Waals surface area (Å²) in [5.74, 6) is -1.46. The number of carboxylic acid groups (broad SMARTS) is 1. The van der Waals surface area contributed by atoms with Gasteiger partial charge in [-0.1, -0.05) is 26.2 Å². The SMILES string of the molecule is CCCN(CC(=O)O)CC(=O)NC(=O)NC1CCCCC1. The smallest absolute Gasteiger partial charge is 0.321 e. The van der Waals surface area contributed by atoms with Gasteiger partial charge < -0.3 is 10.4 Å². The van der Waals surface area contributed by atoms with Crippen LogP contribution in [0.4, 0.5) is 4.79 Å². The van der Waals surface area contributed by atoms with E-state index in [9.17, 15) is 14.4 Å². The van der Waals surface area contributed by atoms with Crippen LogP contribution in [0.25, 0.3) is 0 Å². The van der Waals surface area contributed by atoms with Crippen LogP contribution in [0.15, 0.2) is 0 Å². The molecule has 0 saturated heterocycles. The normalized spacial score (nSPS) is 15.7. The largest absolute Gasteiger partial charge is 0.480 e. The Morgan fingerprint density at radius 2 is 1.81 bits per heavy atom. The molecule has 1 aliphatic rings. The van der Waals surface area contributed by atoms with Crippen molar-refractivity contribution in [3.8, 4) is 0 Å². The molecule has 7 heteroatoms. The molecule has 0 radical (unpaired) electrons. The van der Waals surface area contributed by atoms with E-state index in [2.05, 4.69) is 10.6 Å². The first-order chi connectivity index (χ1) is 10.0. The average molecular weight is 299 g/mol. The van der Waals surface area contributed by atoms with Crippen LogP contribution in [-0.4, -0.2) is 53.6 Å². The van der Waals surface area contributed by atoms with E-state index in [0.717, 1.165) is 32.1 Å². The summed E-state index contributed by atoms with van der Waals surface area (Å²) in [5, 5.41) is 13.8. The Bertz CT molecular complexity index is 367. The topological polar surface area (TPSA) is 98.7 Å². The van der Waals surface area contributed by atoms with Crippen molar-refractivity contribution in [3.63, 3.8) is 0 Å². The van der Waals surface area contributed by atoms with Gasteiger partial charge in [0, 0.05) is 6.04 Å². The van der Waals surface area contributed by atoms with Gasteiger partial charge in [-0.15, -0.1) is 0 Å².